The minimum absolute atomic E-state index is 0.899. The van der Waals surface area contributed by atoms with Crippen molar-refractivity contribution in [3.05, 3.63) is 11.1 Å². The van der Waals surface area contributed by atoms with Crippen molar-refractivity contribution < 1.29 is 0 Å². The highest BCUT2D eigenvalue weighted by molar-refractivity contribution is 5.30. The number of hydrogen-bond acceptors (Lipinski definition) is 0. The van der Waals surface area contributed by atoms with Gasteiger partial charge in [0.1, 0.15) is 0 Å². The van der Waals surface area contributed by atoms with Crippen LogP contribution in [-0.4, -0.2) is 0 Å². The fourth-order valence-electron chi connectivity index (χ4n) is 3.81. The molecular weight excluding hydrogens is 144 g/mol. The summed E-state index contributed by atoms with van der Waals surface area (Å²) in [4.78, 5) is 0. The lowest BCUT2D eigenvalue weighted by Crippen LogP contribution is -2.26. The van der Waals surface area contributed by atoms with Crippen molar-refractivity contribution in [2.75, 3.05) is 0 Å². The molecule has 0 aromatic carbocycles. The normalized spacial score (nSPS) is 50.5. The fourth-order valence-corrected chi connectivity index (χ4v) is 3.81. The molecule has 66 valence electrons. The van der Waals surface area contributed by atoms with E-state index in [0.717, 1.165) is 23.7 Å². The Hall–Kier alpha value is -0.260. The molecule has 0 amide bonds. The van der Waals surface area contributed by atoms with Gasteiger partial charge >= 0.3 is 0 Å². The predicted octanol–water partition coefficient (Wildman–Crippen LogP) is 3.39. The van der Waals surface area contributed by atoms with E-state index in [-0.39, 0.29) is 0 Å². The summed E-state index contributed by atoms with van der Waals surface area (Å²) >= 11 is 0. The molecule has 0 aliphatic heterocycles. The zero-order valence-corrected chi connectivity index (χ0v) is 8.14. The third-order valence-electron chi connectivity index (χ3n) is 4.65. The van der Waals surface area contributed by atoms with E-state index in [1.807, 2.05) is 5.57 Å². The van der Waals surface area contributed by atoms with Crippen molar-refractivity contribution >= 4 is 0 Å². The van der Waals surface area contributed by atoms with Crippen LogP contribution < -0.4 is 0 Å². The molecule has 0 aromatic heterocycles. The maximum absolute atomic E-state index is 2.43. The van der Waals surface area contributed by atoms with Gasteiger partial charge in [-0.25, -0.2) is 0 Å². The van der Waals surface area contributed by atoms with Gasteiger partial charge in [0.15, 0.2) is 0 Å². The van der Waals surface area contributed by atoms with Crippen LogP contribution in [0.15, 0.2) is 11.1 Å². The molecule has 0 N–H and O–H groups in total. The monoisotopic (exact) mass is 162 g/mol. The van der Waals surface area contributed by atoms with Gasteiger partial charge in [0, 0.05) is 0 Å². The second-order valence-electron chi connectivity index (χ2n) is 5.25. The van der Waals surface area contributed by atoms with E-state index in [4.69, 9.17) is 0 Å². The molecule has 0 heteroatoms. The lowest BCUT2D eigenvalue weighted by atomic mass is 9.68. The fraction of sp³-hybridized carbons (Fsp3) is 0.833. The maximum atomic E-state index is 2.43. The predicted molar refractivity (Wildman–Crippen MR) is 50.8 cm³/mol. The average Bonchev–Trinajstić information content (AvgIpc) is 2.25. The van der Waals surface area contributed by atoms with Crippen LogP contribution in [0, 0.1) is 23.7 Å². The topological polar surface area (TPSA) is 0 Å². The Kier molecular flexibility index (Phi) is 1.29. The minimum Gasteiger partial charge on any atom is -0.0710 e. The quantitative estimate of drug-likeness (QED) is 0.479. The summed E-state index contributed by atoms with van der Waals surface area (Å²) in [5.74, 6) is 4.16. The van der Waals surface area contributed by atoms with Gasteiger partial charge in [-0.3, -0.25) is 0 Å². The summed E-state index contributed by atoms with van der Waals surface area (Å²) in [5, 5.41) is 0. The molecule has 3 aliphatic rings. The first kappa shape index (κ1) is 7.17. The van der Waals surface area contributed by atoms with Crippen molar-refractivity contribution in [2.45, 2.75) is 39.5 Å². The Morgan fingerprint density at radius 2 is 2.00 bits per heavy atom. The van der Waals surface area contributed by atoms with E-state index in [1.54, 1.807) is 18.4 Å². The Labute approximate surface area is 75.0 Å². The van der Waals surface area contributed by atoms with Gasteiger partial charge in [0.05, 0.1) is 0 Å². The second kappa shape index (κ2) is 2.16. The van der Waals surface area contributed by atoms with Gasteiger partial charge < -0.3 is 0 Å². The van der Waals surface area contributed by atoms with Crippen LogP contribution in [0.25, 0.3) is 0 Å². The summed E-state index contributed by atoms with van der Waals surface area (Å²) in [5.41, 5.74) is 3.63. The Balaban J connectivity index is 2.02. The zero-order valence-electron chi connectivity index (χ0n) is 8.14. The smallest absolute Gasteiger partial charge is 0.0166 e. The van der Waals surface area contributed by atoms with Crippen LogP contribution in [0.4, 0.5) is 0 Å². The molecule has 0 aromatic rings. The van der Waals surface area contributed by atoms with Crippen LogP contribution in [0.5, 0.6) is 0 Å². The standard InChI is InChI=1S/C12H18/c1-7-3-9-4-10-6-11(8(7)2)12(10)5-9/h7,9-10,12H,3-6H2,1-2H3. The summed E-state index contributed by atoms with van der Waals surface area (Å²) < 4.78 is 0. The molecular formula is C12H18. The van der Waals surface area contributed by atoms with Gasteiger partial charge in [0.2, 0.25) is 0 Å². The van der Waals surface area contributed by atoms with E-state index in [0.29, 0.717) is 0 Å². The minimum atomic E-state index is 0.899. The Morgan fingerprint density at radius 3 is 2.83 bits per heavy atom. The van der Waals surface area contributed by atoms with E-state index < -0.39 is 0 Å². The van der Waals surface area contributed by atoms with Crippen LogP contribution in [0.1, 0.15) is 39.5 Å². The molecule has 0 spiro atoms. The van der Waals surface area contributed by atoms with Crippen molar-refractivity contribution in [3.63, 3.8) is 0 Å². The number of fused-ring (bicyclic) bond motifs is 1. The van der Waals surface area contributed by atoms with Crippen LogP contribution >= 0.6 is 0 Å². The molecule has 4 atom stereocenters. The Morgan fingerprint density at radius 1 is 1.17 bits per heavy atom. The highest BCUT2D eigenvalue weighted by Gasteiger charge is 2.47. The van der Waals surface area contributed by atoms with Gasteiger partial charge in [0.25, 0.3) is 0 Å². The van der Waals surface area contributed by atoms with Crippen LogP contribution in [0.2, 0.25) is 0 Å². The highest BCUT2D eigenvalue weighted by atomic mass is 14.5. The molecule has 0 radical (unpaired) electrons. The van der Waals surface area contributed by atoms with Gasteiger partial charge in [-0.2, -0.15) is 0 Å². The SMILES string of the molecule is CC1=C2CC3CC(CC1C)CC23. The molecule has 2 fully saturated rings. The van der Waals surface area contributed by atoms with E-state index in [2.05, 4.69) is 13.8 Å². The number of rotatable bonds is 0. The maximum Gasteiger partial charge on any atom is -0.0166 e. The molecule has 2 saturated carbocycles. The van der Waals surface area contributed by atoms with E-state index in [1.165, 1.54) is 12.8 Å². The van der Waals surface area contributed by atoms with Crippen molar-refractivity contribution in [2.24, 2.45) is 23.7 Å². The first-order valence-corrected chi connectivity index (χ1v) is 5.45. The largest absolute Gasteiger partial charge is 0.0710 e. The van der Waals surface area contributed by atoms with Gasteiger partial charge in [-0.1, -0.05) is 18.1 Å². The molecule has 3 aliphatic carbocycles. The molecule has 0 heterocycles. The van der Waals surface area contributed by atoms with Crippen LogP contribution in [-0.2, 0) is 0 Å². The summed E-state index contributed by atoms with van der Waals surface area (Å²) in [6.45, 7) is 4.81. The van der Waals surface area contributed by atoms with Gasteiger partial charge in [-0.15, -0.1) is 0 Å². The molecule has 0 nitrogen and oxygen atoms in total. The zero-order chi connectivity index (χ0) is 8.29. The third-order valence-corrected chi connectivity index (χ3v) is 4.65. The first-order chi connectivity index (χ1) is 5.75. The van der Waals surface area contributed by atoms with Gasteiger partial charge in [-0.05, 0) is 56.3 Å². The van der Waals surface area contributed by atoms with Crippen molar-refractivity contribution in [3.8, 4) is 0 Å². The van der Waals surface area contributed by atoms with E-state index in [9.17, 15) is 0 Å². The highest BCUT2D eigenvalue weighted by Crippen LogP contribution is 2.58. The van der Waals surface area contributed by atoms with E-state index >= 15 is 0 Å². The molecule has 12 heavy (non-hydrogen) atoms. The average molecular weight is 162 g/mol. The van der Waals surface area contributed by atoms with Crippen molar-refractivity contribution in [1.82, 2.24) is 0 Å². The van der Waals surface area contributed by atoms with Crippen molar-refractivity contribution in [1.29, 1.82) is 0 Å². The summed E-state index contributed by atoms with van der Waals surface area (Å²) in [6.07, 6.45) is 6.06. The Bertz CT molecular complexity index is 249. The van der Waals surface area contributed by atoms with Crippen LogP contribution in [0.3, 0.4) is 0 Å². The molecule has 2 bridgehead atoms. The number of allylic oxidation sites excluding steroid dienone is 2. The second-order valence-corrected chi connectivity index (χ2v) is 5.25. The lowest BCUT2D eigenvalue weighted by Gasteiger charge is -2.37. The first-order valence-electron chi connectivity index (χ1n) is 5.45. The summed E-state index contributed by atoms with van der Waals surface area (Å²) in [7, 11) is 0. The summed E-state index contributed by atoms with van der Waals surface area (Å²) in [6, 6.07) is 0. The molecule has 3 rings (SSSR count). The molecule has 0 saturated heterocycles. The molecule has 4 unspecified atom stereocenters. The number of hydrogen-bond donors (Lipinski definition) is 0. The lowest BCUT2D eigenvalue weighted by molar-refractivity contribution is 0.308. The third kappa shape index (κ3) is 0.739.